The predicted octanol–water partition coefficient (Wildman–Crippen LogP) is 3.04. The van der Waals surface area contributed by atoms with E-state index in [-0.39, 0.29) is 5.91 Å². The molecule has 1 fully saturated rings. The number of nitrogens with one attached hydrogen (secondary N) is 1. The molecular formula is C22H22N4O3. The molecule has 0 atom stereocenters. The molecule has 0 aliphatic carbocycles. The van der Waals surface area contributed by atoms with Gasteiger partial charge in [-0.3, -0.25) is 4.79 Å². The lowest BCUT2D eigenvalue weighted by molar-refractivity contribution is 0.0950. The van der Waals surface area contributed by atoms with Crippen molar-refractivity contribution in [2.45, 2.75) is 6.54 Å². The molecule has 0 radical (unpaired) electrons. The molecule has 7 nitrogen and oxygen atoms in total. The van der Waals surface area contributed by atoms with Crippen LogP contribution in [0, 0.1) is 0 Å². The van der Waals surface area contributed by atoms with Crippen LogP contribution in [0.2, 0.25) is 0 Å². The number of anilines is 1. The van der Waals surface area contributed by atoms with Crippen LogP contribution in [0.4, 0.5) is 5.82 Å². The molecule has 0 bridgehead atoms. The molecular weight excluding hydrogens is 368 g/mol. The van der Waals surface area contributed by atoms with Crippen molar-refractivity contribution in [3.8, 4) is 11.6 Å². The summed E-state index contributed by atoms with van der Waals surface area (Å²) in [7, 11) is 0. The van der Waals surface area contributed by atoms with Gasteiger partial charge in [-0.25, -0.2) is 9.97 Å². The van der Waals surface area contributed by atoms with E-state index in [0.717, 1.165) is 24.5 Å². The summed E-state index contributed by atoms with van der Waals surface area (Å²) in [5.74, 6) is 1.83. The number of amides is 1. The average molecular weight is 390 g/mol. The Morgan fingerprint density at radius 1 is 1.03 bits per heavy atom. The molecule has 3 heterocycles. The first-order valence-electron chi connectivity index (χ1n) is 9.53. The van der Waals surface area contributed by atoms with Crippen LogP contribution in [-0.4, -0.2) is 42.2 Å². The number of aromatic nitrogens is 2. The lowest BCUT2D eigenvalue weighted by atomic mass is 10.2. The van der Waals surface area contributed by atoms with Crippen LogP contribution in [0.15, 0.2) is 67.0 Å². The first kappa shape index (κ1) is 18.9. The highest BCUT2D eigenvalue weighted by atomic mass is 16.5. The Bertz CT molecular complexity index is 942. The first-order chi connectivity index (χ1) is 14.3. The third-order valence-corrected chi connectivity index (χ3v) is 4.58. The molecule has 29 heavy (non-hydrogen) atoms. The molecule has 1 aliphatic rings. The minimum atomic E-state index is -0.194. The van der Waals surface area contributed by atoms with Crippen molar-refractivity contribution >= 4 is 11.7 Å². The van der Waals surface area contributed by atoms with E-state index < -0.39 is 0 Å². The van der Waals surface area contributed by atoms with E-state index in [2.05, 4.69) is 20.2 Å². The zero-order chi connectivity index (χ0) is 19.9. The van der Waals surface area contributed by atoms with Crippen molar-refractivity contribution in [1.29, 1.82) is 0 Å². The van der Waals surface area contributed by atoms with Gasteiger partial charge in [0.2, 0.25) is 5.88 Å². The number of carbonyl (C=O) groups excluding carboxylic acids is 1. The maximum Gasteiger partial charge on any atom is 0.253 e. The number of morpholine rings is 1. The van der Waals surface area contributed by atoms with E-state index in [1.807, 2.05) is 42.5 Å². The molecule has 2 aromatic heterocycles. The van der Waals surface area contributed by atoms with E-state index >= 15 is 0 Å². The van der Waals surface area contributed by atoms with Crippen molar-refractivity contribution in [2.75, 3.05) is 31.2 Å². The zero-order valence-electron chi connectivity index (χ0n) is 16.0. The first-order valence-corrected chi connectivity index (χ1v) is 9.53. The second-order valence-corrected chi connectivity index (χ2v) is 6.57. The summed E-state index contributed by atoms with van der Waals surface area (Å²) in [4.78, 5) is 23.4. The second kappa shape index (κ2) is 9.16. The van der Waals surface area contributed by atoms with Gasteiger partial charge in [-0.2, -0.15) is 0 Å². The van der Waals surface area contributed by atoms with Gasteiger partial charge in [0, 0.05) is 43.7 Å². The normalized spacial score (nSPS) is 13.7. The summed E-state index contributed by atoms with van der Waals surface area (Å²) < 4.78 is 11.1. The lowest BCUT2D eigenvalue weighted by Gasteiger charge is -2.29. The highest BCUT2D eigenvalue weighted by Gasteiger charge is 2.16. The van der Waals surface area contributed by atoms with E-state index in [1.165, 1.54) is 6.20 Å². The third-order valence-electron chi connectivity index (χ3n) is 4.58. The van der Waals surface area contributed by atoms with Crippen LogP contribution in [0.1, 0.15) is 15.9 Å². The lowest BCUT2D eigenvalue weighted by Crippen LogP contribution is -2.37. The Morgan fingerprint density at radius 2 is 1.86 bits per heavy atom. The van der Waals surface area contributed by atoms with Crippen molar-refractivity contribution in [3.63, 3.8) is 0 Å². The van der Waals surface area contributed by atoms with Gasteiger partial charge in [-0.1, -0.05) is 24.3 Å². The summed E-state index contributed by atoms with van der Waals surface area (Å²) in [5.41, 5.74) is 1.45. The number of carbonyl (C=O) groups is 1. The fourth-order valence-corrected chi connectivity index (χ4v) is 3.09. The molecule has 1 saturated heterocycles. The van der Waals surface area contributed by atoms with Crippen LogP contribution in [0.5, 0.6) is 11.6 Å². The monoisotopic (exact) mass is 390 g/mol. The van der Waals surface area contributed by atoms with Gasteiger partial charge in [0.05, 0.1) is 18.8 Å². The fourth-order valence-electron chi connectivity index (χ4n) is 3.09. The Kier molecular flexibility index (Phi) is 5.97. The number of rotatable bonds is 6. The predicted molar refractivity (Wildman–Crippen MR) is 109 cm³/mol. The average Bonchev–Trinajstić information content (AvgIpc) is 2.79. The van der Waals surface area contributed by atoms with Gasteiger partial charge in [0.25, 0.3) is 5.91 Å². The van der Waals surface area contributed by atoms with Gasteiger partial charge in [0.1, 0.15) is 11.6 Å². The molecule has 0 unspecified atom stereocenters. The number of hydrogen-bond acceptors (Lipinski definition) is 6. The number of pyridine rings is 2. The molecule has 0 saturated carbocycles. The maximum absolute atomic E-state index is 12.5. The summed E-state index contributed by atoms with van der Waals surface area (Å²) >= 11 is 0. The minimum Gasteiger partial charge on any atom is -0.439 e. The second-order valence-electron chi connectivity index (χ2n) is 6.57. The standard InChI is InChI=1S/C22H22N4O3/c27-22(18-8-9-20(24-16-18)29-19-6-2-1-3-7-19)25-15-17-5-4-10-23-21(17)26-11-13-28-14-12-26/h1-10,16H,11-15H2,(H,25,27). The van der Waals surface area contributed by atoms with Crippen molar-refractivity contribution < 1.29 is 14.3 Å². The van der Waals surface area contributed by atoms with E-state index in [0.29, 0.717) is 37.0 Å². The van der Waals surface area contributed by atoms with Crippen LogP contribution in [0.25, 0.3) is 0 Å². The highest BCUT2D eigenvalue weighted by Crippen LogP contribution is 2.20. The Balaban J connectivity index is 1.37. The SMILES string of the molecule is O=C(NCc1cccnc1N1CCOCC1)c1ccc(Oc2ccccc2)nc1. The maximum atomic E-state index is 12.5. The largest absolute Gasteiger partial charge is 0.439 e. The molecule has 7 heteroatoms. The van der Waals surface area contributed by atoms with E-state index in [4.69, 9.17) is 9.47 Å². The Hall–Kier alpha value is -3.45. The highest BCUT2D eigenvalue weighted by molar-refractivity contribution is 5.93. The molecule has 1 N–H and O–H groups in total. The van der Waals surface area contributed by atoms with Gasteiger partial charge < -0.3 is 19.7 Å². The number of nitrogens with zero attached hydrogens (tertiary/aromatic N) is 3. The molecule has 4 rings (SSSR count). The fraction of sp³-hybridized carbons (Fsp3) is 0.227. The van der Waals surface area contributed by atoms with Gasteiger partial charge in [-0.05, 0) is 24.3 Å². The molecule has 1 amide bonds. The quantitative estimate of drug-likeness (QED) is 0.697. The third kappa shape index (κ3) is 4.89. The molecule has 3 aromatic rings. The number of benzene rings is 1. The van der Waals surface area contributed by atoms with Crippen molar-refractivity contribution in [3.05, 3.63) is 78.1 Å². The van der Waals surface area contributed by atoms with Crippen LogP contribution in [-0.2, 0) is 11.3 Å². The smallest absolute Gasteiger partial charge is 0.253 e. The van der Waals surface area contributed by atoms with Crippen LogP contribution in [0.3, 0.4) is 0 Å². The number of para-hydroxylation sites is 1. The molecule has 1 aliphatic heterocycles. The minimum absolute atomic E-state index is 0.194. The van der Waals surface area contributed by atoms with E-state index in [1.54, 1.807) is 18.3 Å². The zero-order valence-corrected chi connectivity index (χ0v) is 16.0. The summed E-state index contributed by atoms with van der Waals surface area (Å²) in [6.45, 7) is 3.36. The molecule has 0 spiro atoms. The number of hydrogen-bond donors (Lipinski definition) is 1. The van der Waals surface area contributed by atoms with Gasteiger partial charge in [0.15, 0.2) is 0 Å². The van der Waals surface area contributed by atoms with E-state index in [9.17, 15) is 4.79 Å². The van der Waals surface area contributed by atoms with Gasteiger partial charge >= 0.3 is 0 Å². The van der Waals surface area contributed by atoms with Crippen LogP contribution < -0.4 is 15.0 Å². The van der Waals surface area contributed by atoms with Crippen molar-refractivity contribution in [1.82, 2.24) is 15.3 Å². The Labute approximate surface area is 169 Å². The van der Waals surface area contributed by atoms with Crippen LogP contribution >= 0.6 is 0 Å². The summed E-state index contributed by atoms with van der Waals surface area (Å²) in [5, 5.41) is 2.95. The summed E-state index contributed by atoms with van der Waals surface area (Å²) in [6, 6.07) is 16.6. The molecule has 148 valence electrons. The number of ether oxygens (including phenoxy) is 2. The van der Waals surface area contributed by atoms with Crippen molar-refractivity contribution in [2.24, 2.45) is 0 Å². The molecule has 1 aromatic carbocycles. The topological polar surface area (TPSA) is 76.6 Å². The van der Waals surface area contributed by atoms with Gasteiger partial charge in [-0.15, -0.1) is 0 Å². The Morgan fingerprint density at radius 3 is 2.62 bits per heavy atom. The summed E-state index contributed by atoms with van der Waals surface area (Å²) in [6.07, 6.45) is 3.28.